The number of ether oxygens (including phenoxy) is 1. The fourth-order valence-corrected chi connectivity index (χ4v) is 1.84. The summed E-state index contributed by atoms with van der Waals surface area (Å²) in [6.07, 6.45) is -3.35. The van der Waals surface area contributed by atoms with Crippen molar-refractivity contribution in [2.45, 2.75) is 45.4 Å². The minimum atomic E-state index is -4.37. The van der Waals surface area contributed by atoms with E-state index in [0.717, 1.165) is 18.6 Å². The molecule has 0 bridgehead atoms. The second-order valence-electron chi connectivity index (χ2n) is 4.59. The molecule has 2 nitrogen and oxygen atoms in total. The number of hydrogen-bond acceptors (Lipinski definition) is 2. The molecule has 5 heteroatoms. The van der Waals surface area contributed by atoms with Gasteiger partial charge in [0.1, 0.15) is 6.10 Å². The van der Waals surface area contributed by atoms with Crippen LogP contribution in [0.15, 0.2) is 24.3 Å². The van der Waals surface area contributed by atoms with Gasteiger partial charge in [-0.2, -0.15) is 13.2 Å². The Balaban J connectivity index is 2.93. The van der Waals surface area contributed by atoms with Gasteiger partial charge in [0, 0.05) is 13.0 Å². The smallest absolute Gasteiger partial charge is 0.366 e. The lowest BCUT2D eigenvalue weighted by Gasteiger charge is -2.17. The van der Waals surface area contributed by atoms with Crippen molar-refractivity contribution in [1.29, 1.82) is 0 Å². The number of carbonyl (C=O) groups is 1. The fourth-order valence-electron chi connectivity index (χ4n) is 1.84. The largest absolute Gasteiger partial charge is 0.416 e. The number of carbonyl (C=O) groups excluding carboxylic acids is 1. The molecule has 1 rings (SSSR count). The van der Waals surface area contributed by atoms with E-state index in [1.807, 2.05) is 13.8 Å². The van der Waals surface area contributed by atoms with Gasteiger partial charge in [-0.15, -0.1) is 0 Å². The zero-order chi connectivity index (χ0) is 15.2. The Hall–Kier alpha value is -1.36. The van der Waals surface area contributed by atoms with Crippen LogP contribution in [-0.2, 0) is 15.7 Å². The maximum absolute atomic E-state index is 12.5. The van der Waals surface area contributed by atoms with E-state index >= 15 is 0 Å². The van der Waals surface area contributed by atoms with Crippen molar-refractivity contribution in [3.63, 3.8) is 0 Å². The molecule has 1 atom stereocenters. The normalized spacial score (nSPS) is 13.2. The van der Waals surface area contributed by atoms with E-state index in [2.05, 4.69) is 0 Å². The average Bonchev–Trinajstić information content (AvgIpc) is 2.39. The van der Waals surface area contributed by atoms with E-state index in [9.17, 15) is 18.0 Å². The minimum Gasteiger partial charge on any atom is -0.366 e. The molecule has 1 unspecified atom stereocenters. The summed E-state index contributed by atoms with van der Waals surface area (Å²) in [7, 11) is 0. The van der Waals surface area contributed by atoms with E-state index in [1.54, 1.807) is 0 Å². The highest BCUT2D eigenvalue weighted by molar-refractivity contribution is 5.84. The minimum absolute atomic E-state index is 0.0966. The summed E-state index contributed by atoms with van der Waals surface area (Å²) in [5.41, 5.74) is -0.247. The maximum Gasteiger partial charge on any atom is 0.416 e. The van der Waals surface area contributed by atoms with Gasteiger partial charge in [-0.05, 0) is 30.5 Å². The number of ketones is 1. The lowest BCUT2D eigenvalue weighted by molar-refractivity contribution is -0.137. The van der Waals surface area contributed by atoms with Crippen LogP contribution in [0.1, 0.15) is 50.3 Å². The molecule has 0 fully saturated rings. The van der Waals surface area contributed by atoms with Gasteiger partial charge in [0.25, 0.3) is 0 Å². The summed E-state index contributed by atoms with van der Waals surface area (Å²) in [5, 5.41) is 0. The highest BCUT2D eigenvalue weighted by atomic mass is 19.4. The van der Waals surface area contributed by atoms with Crippen LogP contribution in [0.2, 0.25) is 0 Å². The van der Waals surface area contributed by atoms with Gasteiger partial charge in [-0.1, -0.05) is 26.0 Å². The van der Waals surface area contributed by atoms with Gasteiger partial charge in [-0.25, -0.2) is 0 Å². The van der Waals surface area contributed by atoms with Gasteiger partial charge in [0.05, 0.1) is 5.56 Å². The summed E-state index contributed by atoms with van der Waals surface area (Å²) < 4.78 is 43.0. The predicted molar refractivity (Wildman–Crippen MR) is 70.3 cm³/mol. The summed E-state index contributed by atoms with van der Waals surface area (Å²) in [6.45, 7) is 4.19. The van der Waals surface area contributed by atoms with E-state index in [1.165, 1.54) is 12.1 Å². The van der Waals surface area contributed by atoms with Crippen LogP contribution in [0, 0.1) is 0 Å². The maximum atomic E-state index is 12.5. The number of Topliss-reactive ketones (excluding diaryl/α,β-unsaturated/α-hetero) is 1. The molecule has 0 aliphatic rings. The van der Waals surface area contributed by atoms with Crippen molar-refractivity contribution < 1.29 is 22.7 Å². The van der Waals surface area contributed by atoms with Crippen LogP contribution >= 0.6 is 0 Å². The Morgan fingerprint density at radius 2 is 1.75 bits per heavy atom. The molecule has 20 heavy (non-hydrogen) atoms. The van der Waals surface area contributed by atoms with Crippen molar-refractivity contribution in [2.75, 3.05) is 6.61 Å². The van der Waals surface area contributed by atoms with Gasteiger partial charge in [0.15, 0.2) is 5.78 Å². The Kier molecular flexibility index (Phi) is 6.20. The third-order valence-corrected chi connectivity index (χ3v) is 2.82. The first kappa shape index (κ1) is 16.7. The molecule has 0 N–H and O–H groups in total. The van der Waals surface area contributed by atoms with Crippen molar-refractivity contribution in [2.24, 2.45) is 0 Å². The van der Waals surface area contributed by atoms with Crippen molar-refractivity contribution in [3.05, 3.63) is 35.4 Å². The van der Waals surface area contributed by atoms with E-state index in [-0.39, 0.29) is 5.78 Å². The number of alkyl halides is 3. The molecule has 0 spiro atoms. The summed E-state index contributed by atoms with van der Waals surface area (Å²) in [6, 6.07) is 4.60. The van der Waals surface area contributed by atoms with Crippen LogP contribution in [0.4, 0.5) is 13.2 Å². The van der Waals surface area contributed by atoms with Crippen LogP contribution < -0.4 is 0 Å². The SMILES string of the molecule is CCCOC(C(=O)CCC)c1ccc(C(F)(F)F)cc1. The molecule has 0 radical (unpaired) electrons. The Bertz CT molecular complexity index is 424. The Morgan fingerprint density at radius 3 is 2.20 bits per heavy atom. The molecule has 0 aliphatic carbocycles. The van der Waals surface area contributed by atoms with Crippen LogP contribution in [0.25, 0.3) is 0 Å². The Morgan fingerprint density at radius 1 is 1.15 bits per heavy atom. The predicted octanol–water partition coefficient (Wildman–Crippen LogP) is 4.54. The van der Waals surface area contributed by atoms with E-state index in [0.29, 0.717) is 25.0 Å². The molecule has 0 amide bonds. The molecule has 0 aliphatic heterocycles. The van der Waals surface area contributed by atoms with Crippen LogP contribution in [0.3, 0.4) is 0 Å². The molecular weight excluding hydrogens is 269 g/mol. The third kappa shape index (κ3) is 4.63. The molecule has 0 saturated carbocycles. The standard InChI is InChI=1S/C15H19F3O2/c1-3-5-13(19)14(20-10-4-2)11-6-8-12(9-7-11)15(16,17)18/h6-9,14H,3-5,10H2,1-2H3. The van der Waals surface area contributed by atoms with Gasteiger partial charge in [0.2, 0.25) is 0 Å². The van der Waals surface area contributed by atoms with Crippen molar-refractivity contribution >= 4 is 5.78 Å². The highest BCUT2D eigenvalue weighted by Crippen LogP contribution is 2.30. The second-order valence-corrected chi connectivity index (χ2v) is 4.59. The first-order valence-electron chi connectivity index (χ1n) is 6.71. The molecule has 1 aromatic rings. The van der Waals surface area contributed by atoms with Gasteiger partial charge >= 0.3 is 6.18 Å². The fraction of sp³-hybridized carbons (Fsp3) is 0.533. The highest BCUT2D eigenvalue weighted by Gasteiger charge is 2.30. The third-order valence-electron chi connectivity index (χ3n) is 2.82. The number of rotatable bonds is 7. The lowest BCUT2D eigenvalue weighted by Crippen LogP contribution is -2.17. The topological polar surface area (TPSA) is 26.3 Å². The van der Waals surface area contributed by atoms with E-state index < -0.39 is 17.8 Å². The second kappa shape index (κ2) is 7.43. The summed E-state index contributed by atoms with van der Waals surface area (Å²) in [5.74, 6) is -0.0966. The first-order chi connectivity index (χ1) is 9.40. The van der Waals surface area contributed by atoms with Crippen molar-refractivity contribution in [3.8, 4) is 0 Å². The Labute approximate surface area is 116 Å². The summed E-state index contributed by atoms with van der Waals surface area (Å²) >= 11 is 0. The quantitative estimate of drug-likeness (QED) is 0.736. The molecule has 0 saturated heterocycles. The zero-order valence-electron chi connectivity index (χ0n) is 11.7. The number of halogens is 3. The van der Waals surface area contributed by atoms with E-state index in [4.69, 9.17) is 4.74 Å². The molecule has 1 aromatic carbocycles. The number of hydrogen-bond donors (Lipinski definition) is 0. The number of benzene rings is 1. The summed E-state index contributed by atoms with van der Waals surface area (Å²) in [4.78, 5) is 12.0. The molecule has 0 heterocycles. The zero-order valence-corrected chi connectivity index (χ0v) is 11.7. The lowest BCUT2D eigenvalue weighted by atomic mass is 10.0. The first-order valence-corrected chi connectivity index (χ1v) is 6.71. The molecular formula is C15H19F3O2. The van der Waals surface area contributed by atoms with Crippen LogP contribution in [-0.4, -0.2) is 12.4 Å². The van der Waals surface area contributed by atoms with Gasteiger partial charge < -0.3 is 4.74 Å². The monoisotopic (exact) mass is 288 g/mol. The molecule has 112 valence electrons. The van der Waals surface area contributed by atoms with Crippen molar-refractivity contribution in [1.82, 2.24) is 0 Å². The van der Waals surface area contributed by atoms with Gasteiger partial charge in [-0.3, -0.25) is 4.79 Å². The van der Waals surface area contributed by atoms with Crippen LogP contribution in [0.5, 0.6) is 0 Å². The average molecular weight is 288 g/mol. The molecule has 0 aromatic heterocycles.